The highest BCUT2D eigenvalue weighted by atomic mass is 32.1. The van der Waals surface area contributed by atoms with Gasteiger partial charge in [0.05, 0.1) is 6.20 Å². The summed E-state index contributed by atoms with van der Waals surface area (Å²) in [5.41, 5.74) is 1.37. The van der Waals surface area contributed by atoms with E-state index in [1.807, 2.05) is 12.4 Å². The summed E-state index contributed by atoms with van der Waals surface area (Å²) < 4.78 is 1.60. The fraction of sp³-hybridized carbons (Fsp3) is 0.667. The molecule has 3 heteroatoms. The standard InChI is InChI=1S/C9H14N2S/c12-11-7-9(6-10-11)8-4-2-1-3-5-8/h6-8,12H,1-5H2. The van der Waals surface area contributed by atoms with Crippen LogP contribution in [0.5, 0.6) is 0 Å². The van der Waals surface area contributed by atoms with Gasteiger partial charge >= 0.3 is 0 Å². The van der Waals surface area contributed by atoms with Gasteiger partial charge in [-0.3, -0.25) is 0 Å². The van der Waals surface area contributed by atoms with Gasteiger partial charge in [-0.15, -0.1) is 0 Å². The molecule has 66 valence electrons. The predicted octanol–water partition coefficient (Wildman–Crippen LogP) is 2.62. The number of nitrogens with zero attached hydrogens (tertiary/aromatic N) is 2. The third kappa shape index (κ3) is 1.66. The minimum atomic E-state index is 0.750. The van der Waals surface area contributed by atoms with Gasteiger partial charge in [0.25, 0.3) is 0 Å². The average molecular weight is 182 g/mol. The van der Waals surface area contributed by atoms with E-state index in [1.54, 1.807) is 4.09 Å². The Balaban J connectivity index is 2.08. The normalized spacial score (nSPS) is 19.8. The summed E-state index contributed by atoms with van der Waals surface area (Å²) in [7, 11) is 0. The molecule has 0 aromatic carbocycles. The molecule has 2 rings (SSSR count). The molecule has 0 bridgehead atoms. The monoisotopic (exact) mass is 182 g/mol. The molecule has 0 atom stereocenters. The molecule has 0 saturated heterocycles. The second-order valence-corrected chi connectivity index (χ2v) is 3.94. The first-order valence-corrected chi connectivity index (χ1v) is 5.00. The zero-order valence-electron chi connectivity index (χ0n) is 7.11. The highest BCUT2D eigenvalue weighted by Crippen LogP contribution is 2.32. The van der Waals surface area contributed by atoms with Gasteiger partial charge in [0.1, 0.15) is 0 Å². The molecule has 0 N–H and O–H groups in total. The lowest BCUT2D eigenvalue weighted by Gasteiger charge is -2.19. The van der Waals surface area contributed by atoms with Crippen molar-refractivity contribution in [2.75, 3.05) is 0 Å². The second-order valence-electron chi connectivity index (χ2n) is 3.53. The van der Waals surface area contributed by atoms with Crippen LogP contribution in [-0.2, 0) is 0 Å². The predicted molar refractivity (Wildman–Crippen MR) is 52.4 cm³/mol. The van der Waals surface area contributed by atoms with E-state index in [9.17, 15) is 0 Å². The molecule has 2 nitrogen and oxygen atoms in total. The first kappa shape index (κ1) is 8.17. The molecule has 0 aliphatic heterocycles. The maximum atomic E-state index is 4.13. The molecule has 1 aliphatic carbocycles. The number of hydrogen-bond donors (Lipinski definition) is 1. The zero-order chi connectivity index (χ0) is 8.39. The molecule has 1 aromatic heterocycles. The van der Waals surface area contributed by atoms with Gasteiger partial charge in [0.15, 0.2) is 0 Å². The van der Waals surface area contributed by atoms with E-state index >= 15 is 0 Å². The number of rotatable bonds is 1. The Kier molecular flexibility index (Phi) is 2.40. The van der Waals surface area contributed by atoms with Crippen LogP contribution >= 0.6 is 12.8 Å². The summed E-state index contributed by atoms with van der Waals surface area (Å²) in [5, 5.41) is 4.07. The van der Waals surface area contributed by atoms with Crippen molar-refractivity contribution in [1.29, 1.82) is 0 Å². The molecule has 0 amide bonds. The quantitative estimate of drug-likeness (QED) is 0.661. The van der Waals surface area contributed by atoms with Crippen molar-refractivity contribution in [2.24, 2.45) is 0 Å². The third-order valence-corrected chi connectivity index (χ3v) is 2.88. The van der Waals surface area contributed by atoms with Gasteiger partial charge in [-0.1, -0.05) is 19.3 Å². The molecule has 1 fully saturated rings. The van der Waals surface area contributed by atoms with Gasteiger partial charge < -0.3 is 0 Å². The molecule has 0 radical (unpaired) electrons. The van der Waals surface area contributed by atoms with Crippen LogP contribution in [0.2, 0.25) is 0 Å². The highest BCUT2D eigenvalue weighted by Gasteiger charge is 2.16. The van der Waals surface area contributed by atoms with E-state index in [1.165, 1.54) is 37.7 Å². The smallest absolute Gasteiger partial charge is 0.0535 e. The number of thiol groups is 1. The van der Waals surface area contributed by atoms with Crippen LogP contribution in [-0.4, -0.2) is 9.19 Å². The molecule has 1 aromatic rings. The third-order valence-electron chi connectivity index (χ3n) is 2.67. The Labute approximate surface area is 78.5 Å². The molecule has 12 heavy (non-hydrogen) atoms. The molecule has 0 spiro atoms. The fourth-order valence-electron chi connectivity index (χ4n) is 1.97. The van der Waals surface area contributed by atoms with Crippen molar-refractivity contribution < 1.29 is 0 Å². The van der Waals surface area contributed by atoms with E-state index in [0.717, 1.165) is 5.92 Å². The van der Waals surface area contributed by atoms with Crippen LogP contribution in [0, 0.1) is 0 Å². The SMILES string of the molecule is Sn1cc(C2CCCCC2)cn1. The minimum absolute atomic E-state index is 0.750. The van der Waals surface area contributed by atoms with Gasteiger partial charge in [0.2, 0.25) is 0 Å². The lowest BCUT2D eigenvalue weighted by atomic mass is 9.86. The van der Waals surface area contributed by atoms with Crippen molar-refractivity contribution in [3.05, 3.63) is 18.0 Å². The zero-order valence-corrected chi connectivity index (χ0v) is 8.00. The summed E-state index contributed by atoms with van der Waals surface area (Å²) in [6.45, 7) is 0. The largest absolute Gasteiger partial charge is 0.217 e. The maximum absolute atomic E-state index is 4.13. The van der Waals surface area contributed by atoms with Gasteiger partial charge in [-0.2, -0.15) is 5.10 Å². The van der Waals surface area contributed by atoms with Gasteiger partial charge in [0, 0.05) is 6.20 Å². The van der Waals surface area contributed by atoms with E-state index in [0.29, 0.717) is 0 Å². The first-order valence-electron chi connectivity index (χ1n) is 4.60. The van der Waals surface area contributed by atoms with Crippen molar-refractivity contribution in [2.45, 2.75) is 38.0 Å². The van der Waals surface area contributed by atoms with Crippen LogP contribution in [0.15, 0.2) is 12.4 Å². The minimum Gasteiger partial charge on any atom is -0.217 e. The van der Waals surface area contributed by atoms with Crippen LogP contribution < -0.4 is 0 Å². The lowest BCUT2D eigenvalue weighted by molar-refractivity contribution is 0.443. The number of hydrogen-bond acceptors (Lipinski definition) is 2. The fourth-order valence-corrected chi connectivity index (χ4v) is 2.16. The molecule has 1 aliphatic rings. The van der Waals surface area contributed by atoms with Crippen LogP contribution in [0.4, 0.5) is 0 Å². The molecular formula is C9H14N2S. The Morgan fingerprint density at radius 2 is 2.08 bits per heavy atom. The van der Waals surface area contributed by atoms with Crippen LogP contribution in [0.3, 0.4) is 0 Å². The summed E-state index contributed by atoms with van der Waals surface area (Å²) in [4.78, 5) is 0. The van der Waals surface area contributed by atoms with Gasteiger partial charge in [-0.25, -0.2) is 4.09 Å². The van der Waals surface area contributed by atoms with E-state index in [4.69, 9.17) is 0 Å². The van der Waals surface area contributed by atoms with Gasteiger partial charge in [-0.05, 0) is 37.1 Å². The highest BCUT2D eigenvalue weighted by molar-refractivity contribution is 7.78. The molecule has 1 heterocycles. The van der Waals surface area contributed by atoms with E-state index in [-0.39, 0.29) is 0 Å². The summed E-state index contributed by atoms with van der Waals surface area (Å²) in [5.74, 6) is 0.750. The van der Waals surface area contributed by atoms with Crippen molar-refractivity contribution >= 4 is 12.8 Å². The van der Waals surface area contributed by atoms with Crippen molar-refractivity contribution in [3.8, 4) is 0 Å². The number of aromatic nitrogens is 2. The van der Waals surface area contributed by atoms with Crippen LogP contribution in [0.1, 0.15) is 43.6 Å². The van der Waals surface area contributed by atoms with Crippen molar-refractivity contribution in [1.82, 2.24) is 9.19 Å². The summed E-state index contributed by atoms with van der Waals surface area (Å²) in [6, 6.07) is 0. The van der Waals surface area contributed by atoms with Crippen LogP contribution in [0.25, 0.3) is 0 Å². The Hall–Kier alpha value is -0.440. The van der Waals surface area contributed by atoms with E-state index in [2.05, 4.69) is 17.9 Å². The lowest BCUT2D eigenvalue weighted by Crippen LogP contribution is -2.03. The Bertz CT molecular complexity index is 251. The molecular weight excluding hydrogens is 168 g/mol. The average Bonchev–Trinajstić information content (AvgIpc) is 2.54. The van der Waals surface area contributed by atoms with E-state index < -0.39 is 0 Å². The Morgan fingerprint density at radius 1 is 1.33 bits per heavy atom. The Morgan fingerprint density at radius 3 is 2.67 bits per heavy atom. The summed E-state index contributed by atoms with van der Waals surface area (Å²) in [6.07, 6.45) is 10.8. The second kappa shape index (κ2) is 3.52. The van der Waals surface area contributed by atoms with Crippen molar-refractivity contribution in [3.63, 3.8) is 0 Å². The maximum Gasteiger partial charge on any atom is 0.0535 e. The summed E-state index contributed by atoms with van der Waals surface area (Å²) >= 11 is 4.13. The molecule has 0 unspecified atom stereocenters. The topological polar surface area (TPSA) is 17.8 Å². The molecule has 1 saturated carbocycles. The first-order chi connectivity index (χ1) is 5.86.